The molecule has 0 radical (unpaired) electrons. The predicted octanol–water partition coefficient (Wildman–Crippen LogP) is 3.49. The predicted molar refractivity (Wildman–Crippen MR) is 118 cm³/mol. The minimum atomic E-state index is -0.189. The van der Waals surface area contributed by atoms with E-state index in [1.807, 2.05) is 39.2 Å². The van der Waals surface area contributed by atoms with E-state index in [0.29, 0.717) is 11.1 Å². The molecular formula is C23H16BNO2S. The van der Waals surface area contributed by atoms with Crippen LogP contribution in [0.2, 0.25) is 0 Å². The largest absolute Gasteiger partial charge is 0.338 e. The second-order valence-corrected chi connectivity index (χ2v) is 8.12. The molecule has 0 spiro atoms. The van der Waals surface area contributed by atoms with Crippen molar-refractivity contribution < 1.29 is 9.59 Å². The number of fused-ring (bicyclic) bond motifs is 4. The maximum atomic E-state index is 12.7. The summed E-state index contributed by atoms with van der Waals surface area (Å²) in [5.41, 5.74) is 3.37. The lowest BCUT2D eigenvalue weighted by Gasteiger charge is -2.13. The summed E-state index contributed by atoms with van der Waals surface area (Å²) in [5, 5.41) is 3.41. The number of allylic oxidation sites excluding steroid dienone is 3. The van der Waals surface area contributed by atoms with Gasteiger partial charge in [0.25, 0.3) is 0 Å². The molecule has 28 heavy (non-hydrogen) atoms. The van der Waals surface area contributed by atoms with Crippen molar-refractivity contribution in [1.29, 1.82) is 0 Å². The number of rotatable bonds is 1. The first-order valence-corrected chi connectivity index (χ1v) is 9.91. The Bertz CT molecular complexity index is 1260. The second kappa shape index (κ2) is 6.25. The third kappa shape index (κ3) is 2.47. The first-order chi connectivity index (χ1) is 13.5. The van der Waals surface area contributed by atoms with Gasteiger partial charge in [-0.3, -0.25) is 9.59 Å². The van der Waals surface area contributed by atoms with E-state index in [0.717, 1.165) is 16.2 Å². The number of hydrogen-bond acceptors (Lipinski definition) is 4. The maximum absolute atomic E-state index is 12.7. The molecule has 0 unspecified atom stereocenters. The molecule has 1 heterocycles. The smallest absolute Gasteiger partial charge is 0.197 e. The quantitative estimate of drug-likeness (QED) is 0.368. The highest BCUT2D eigenvalue weighted by Crippen LogP contribution is 2.48. The van der Waals surface area contributed by atoms with Crippen molar-refractivity contribution in [3.05, 3.63) is 88.5 Å². The van der Waals surface area contributed by atoms with Gasteiger partial charge in [-0.25, -0.2) is 0 Å². The lowest BCUT2D eigenvalue weighted by atomic mass is 9.93. The SMILES string of the molecule is Bc1ccc2c(c1)C(=O)/C(=C/C=C1\Sc3c(ccc4ccccc34)N1C)C2=O. The minimum absolute atomic E-state index is 0.186. The number of Topliss-reactive ketones (excluding diaryl/α,β-unsaturated/α-hetero) is 2. The molecule has 1 aliphatic carbocycles. The number of carbonyl (C=O) groups excluding carboxylic acids is 2. The van der Waals surface area contributed by atoms with Crippen LogP contribution in [0.25, 0.3) is 10.8 Å². The van der Waals surface area contributed by atoms with Crippen LogP contribution < -0.4 is 10.4 Å². The zero-order chi connectivity index (χ0) is 19.4. The summed E-state index contributed by atoms with van der Waals surface area (Å²) < 4.78 is 0. The molecule has 5 heteroatoms. The molecule has 0 fully saturated rings. The molecule has 0 aromatic heterocycles. The van der Waals surface area contributed by atoms with Gasteiger partial charge in [-0.1, -0.05) is 65.8 Å². The molecule has 5 rings (SSSR count). The molecule has 3 aromatic carbocycles. The first kappa shape index (κ1) is 17.1. The van der Waals surface area contributed by atoms with Gasteiger partial charge in [0.15, 0.2) is 11.6 Å². The average molecular weight is 381 g/mol. The van der Waals surface area contributed by atoms with E-state index in [1.54, 1.807) is 30.0 Å². The van der Waals surface area contributed by atoms with Crippen LogP contribution in [0.15, 0.2) is 82.2 Å². The average Bonchev–Trinajstić information content (AvgIpc) is 3.15. The zero-order valence-corrected chi connectivity index (χ0v) is 16.3. The van der Waals surface area contributed by atoms with E-state index < -0.39 is 0 Å². The first-order valence-electron chi connectivity index (χ1n) is 9.10. The van der Waals surface area contributed by atoms with Crippen molar-refractivity contribution in [2.24, 2.45) is 0 Å². The van der Waals surface area contributed by atoms with E-state index in [4.69, 9.17) is 0 Å². The molecule has 3 nitrogen and oxygen atoms in total. The highest BCUT2D eigenvalue weighted by Gasteiger charge is 2.33. The summed E-state index contributed by atoms with van der Waals surface area (Å²) in [6.07, 6.45) is 3.55. The fraction of sp³-hybridized carbons (Fsp3) is 0.0435. The van der Waals surface area contributed by atoms with Gasteiger partial charge in [-0.2, -0.15) is 0 Å². The van der Waals surface area contributed by atoms with Crippen LogP contribution in [0, 0.1) is 0 Å². The zero-order valence-electron chi connectivity index (χ0n) is 15.5. The van der Waals surface area contributed by atoms with Gasteiger partial charge in [0.05, 0.1) is 16.3 Å². The number of hydrogen-bond donors (Lipinski definition) is 0. The summed E-state index contributed by atoms with van der Waals surface area (Å²) in [6, 6.07) is 18.0. The van der Waals surface area contributed by atoms with Crippen LogP contribution in [-0.2, 0) is 0 Å². The number of anilines is 1. The molecule has 1 aliphatic heterocycles. The maximum Gasteiger partial charge on any atom is 0.197 e. The van der Waals surface area contributed by atoms with E-state index in [1.165, 1.54) is 15.7 Å². The van der Waals surface area contributed by atoms with Gasteiger partial charge >= 0.3 is 0 Å². The van der Waals surface area contributed by atoms with Crippen molar-refractivity contribution in [3.63, 3.8) is 0 Å². The van der Waals surface area contributed by atoms with Gasteiger partial charge in [-0.15, -0.1) is 0 Å². The van der Waals surface area contributed by atoms with Gasteiger partial charge in [0.2, 0.25) is 0 Å². The van der Waals surface area contributed by atoms with Crippen molar-refractivity contribution >= 4 is 53.1 Å². The van der Waals surface area contributed by atoms with Crippen molar-refractivity contribution in [3.8, 4) is 0 Å². The second-order valence-electron chi connectivity index (χ2n) is 7.09. The minimum Gasteiger partial charge on any atom is -0.338 e. The number of thioether (sulfide) groups is 1. The van der Waals surface area contributed by atoms with E-state index in [9.17, 15) is 9.59 Å². The summed E-state index contributed by atoms with van der Waals surface area (Å²) in [4.78, 5) is 28.7. The van der Waals surface area contributed by atoms with Crippen LogP contribution >= 0.6 is 11.8 Å². The Balaban J connectivity index is 1.53. The summed E-state index contributed by atoms with van der Waals surface area (Å²) in [5.74, 6) is -0.375. The number of carbonyl (C=O) groups is 2. The van der Waals surface area contributed by atoms with Crippen molar-refractivity contribution in [2.75, 3.05) is 11.9 Å². The molecule has 0 amide bonds. The lowest BCUT2D eigenvalue weighted by Crippen LogP contribution is -2.09. The van der Waals surface area contributed by atoms with Crippen LogP contribution in [0.3, 0.4) is 0 Å². The summed E-state index contributed by atoms with van der Waals surface area (Å²) >= 11 is 1.67. The van der Waals surface area contributed by atoms with Crippen LogP contribution in [0.1, 0.15) is 20.7 Å². The Morgan fingerprint density at radius 2 is 1.71 bits per heavy atom. The van der Waals surface area contributed by atoms with Crippen LogP contribution in [0.4, 0.5) is 5.69 Å². The van der Waals surface area contributed by atoms with Crippen molar-refractivity contribution in [2.45, 2.75) is 4.90 Å². The van der Waals surface area contributed by atoms with E-state index in [-0.39, 0.29) is 17.1 Å². The molecule has 0 N–H and O–H groups in total. The van der Waals surface area contributed by atoms with Crippen LogP contribution in [-0.4, -0.2) is 26.5 Å². The summed E-state index contributed by atoms with van der Waals surface area (Å²) in [6.45, 7) is 0. The molecule has 134 valence electrons. The molecule has 0 bridgehead atoms. The van der Waals surface area contributed by atoms with Crippen molar-refractivity contribution in [1.82, 2.24) is 0 Å². The fourth-order valence-corrected chi connectivity index (χ4v) is 4.97. The third-order valence-corrected chi connectivity index (χ3v) is 6.56. The van der Waals surface area contributed by atoms with Gasteiger partial charge < -0.3 is 4.90 Å². The molecule has 0 saturated heterocycles. The molecule has 0 saturated carbocycles. The van der Waals surface area contributed by atoms with Crippen LogP contribution in [0.5, 0.6) is 0 Å². The van der Waals surface area contributed by atoms with Gasteiger partial charge in [-0.05, 0) is 29.0 Å². The van der Waals surface area contributed by atoms with Gasteiger partial charge in [0.1, 0.15) is 7.85 Å². The van der Waals surface area contributed by atoms with Gasteiger partial charge in [0, 0.05) is 23.1 Å². The normalized spacial score (nSPS) is 18.4. The van der Waals surface area contributed by atoms with E-state index >= 15 is 0 Å². The molecule has 3 aromatic rings. The lowest BCUT2D eigenvalue weighted by molar-refractivity contribution is 0.0989. The Labute approximate surface area is 168 Å². The Morgan fingerprint density at radius 1 is 0.929 bits per heavy atom. The topological polar surface area (TPSA) is 37.4 Å². The number of benzene rings is 3. The number of nitrogens with zero attached hydrogens (tertiary/aromatic N) is 1. The Kier molecular flexibility index (Phi) is 3.81. The molecule has 0 atom stereocenters. The monoisotopic (exact) mass is 381 g/mol. The summed E-state index contributed by atoms with van der Waals surface area (Å²) in [7, 11) is 3.93. The number of ketones is 2. The highest BCUT2D eigenvalue weighted by atomic mass is 32.2. The Hall–Kier alpha value is -3.05. The highest BCUT2D eigenvalue weighted by molar-refractivity contribution is 8.04. The third-order valence-electron chi connectivity index (χ3n) is 5.30. The Morgan fingerprint density at radius 3 is 2.57 bits per heavy atom. The van der Waals surface area contributed by atoms with E-state index in [2.05, 4.69) is 29.2 Å². The molecule has 2 aliphatic rings. The fourth-order valence-electron chi connectivity index (χ4n) is 3.78. The standard InChI is InChI=1S/C23H16BNO2S/c1-25-19-10-6-13-4-2-3-5-15(13)23(19)28-20(25)11-9-17-21(26)16-8-7-14(24)12-18(16)22(17)27/h2-12H,24H2,1H3/b17-9+,20-11-. The molecular weight excluding hydrogens is 365 g/mol.